The van der Waals surface area contributed by atoms with Gasteiger partial charge in [0, 0.05) is 41.3 Å². The molecule has 24 N–H and O–H groups in total. The number of aromatic hydroxyl groups is 3. The number of primary amides is 1. The fraction of sp³-hybridized carbons (Fsp3) is 0.537. The molecule has 122 heavy (non-hydrogen) atoms. The zero-order valence-electron chi connectivity index (χ0n) is 67.2. The molecule has 0 aromatic heterocycles. The lowest BCUT2D eigenvalue weighted by Gasteiger charge is -2.60. The van der Waals surface area contributed by atoms with E-state index in [1.54, 1.807) is 0 Å². The van der Waals surface area contributed by atoms with Crippen LogP contribution in [-0.2, 0) is 62.0 Å². The Morgan fingerprint density at radius 3 is 1.92 bits per heavy atom. The van der Waals surface area contributed by atoms with Crippen LogP contribution in [0.1, 0.15) is 138 Å². The van der Waals surface area contributed by atoms with Crippen LogP contribution in [0.25, 0.3) is 11.1 Å². The van der Waals surface area contributed by atoms with Gasteiger partial charge in [-0.25, -0.2) is 4.79 Å². The van der Waals surface area contributed by atoms with Gasteiger partial charge in [-0.05, 0) is 159 Å². The molecule has 38 nitrogen and oxygen atoms in total. The minimum atomic E-state index is -2.41. The first-order valence-corrected chi connectivity index (χ1v) is 40.7. The number of carboxylic acid groups (broad SMARTS) is 1. The largest absolute Gasteiger partial charge is 0.508 e. The van der Waals surface area contributed by atoms with Gasteiger partial charge in [-0.1, -0.05) is 69.1 Å². The van der Waals surface area contributed by atoms with Crippen molar-refractivity contribution in [2.75, 3.05) is 26.7 Å². The number of nitrogens with two attached hydrogens (primary N) is 2. The number of carbonyl (C=O) groups excluding carboxylic acids is 7. The molecule has 26 atom stereocenters. The van der Waals surface area contributed by atoms with E-state index in [-0.39, 0.29) is 53.2 Å². The molecule has 13 bridgehead atoms. The van der Waals surface area contributed by atoms with E-state index in [1.165, 1.54) is 39.1 Å². The van der Waals surface area contributed by atoms with Gasteiger partial charge in [0.25, 0.3) is 0 Å². The molecule has 3 saturated heterocycles. The number of rotatable bonds is 19. The number of aliphatic hydroxyl groups excluding tert-OH is 8. The zero-order chi connectivity index (χ0) is 88.3. The van der Waals surface area contributed by atoms with E-state index in [4.69, 9.17) is 72.6 Å². The van der Waals surface area contributed by atoms with Crippen molar-refractivity contribution in [3.8, 4) is 57.1 Å². The molecule has 0 spiro atoms. The number of hydrogen-bond acceptors (Lipinski definition) is 30. The number of aliphatic carboxylic acids is 1. The number of nitrogens with one attached hydrogen (secondary N) is 8. The molecular formula is C82H102Cl2N10O28. The number of ether oxygens (including phenoxy) is 8. The molecule has 2 unspecified atom stereocenters. The van der Waals surface area contributed by atoms with Crippen molar-refractivity contribution in [2.24, 2.45) is 40.6 Å². The zero-order valence-corrected chi connectivity index (χ0v) is 68.7. The van der Waals surface area contributed by atoms with Crippen LogP contribution in [-0.4, -0.2) is 245 Å². The van der Waals surface area contributed by atoms with Crippen LogP contribution in [0.2, 0.25) is 10.0 Å². The maximum atomic E-state index is 16.4. The van der Waals surface area contributed by atoms with Crippen LogP contribution in [0, 0.1) is 29.1 Å². The van der Waals surface area contributed by atoms with Gasteiger partial charge in [-0.2, -0.15) is 0 Å². The molecule has 8 aliphatic heterocycles. The van der Waals surface area contributed by atoms with Gasteiger partial charge in [0.2, 0.25) is 53.4 Å². The fourth-order valence-electron chi connectivity index (χ4n) is 17.6. The van der Waals surface area contributed by atoms with Crippen LogP contribution < -0.4 is 68.2 Å². The Morgan fingerprint density at radius 1 is 0.664 bits per heavy atom. The first-order valence-electron chi connectivity index (χ1n) is 40.0. The number of carbonyl (C=O) groups is 8. The smallest absolute Gasteiger partial charge is 0.330 e. The third-order valence-electron chi connectivity index (χ3n) is 24.4. The van der Waals surface area contributed by atoms with Crippen molar-refractivity contribution in [3.63, 3.8) is 0 Å². The van der Waals surface area contributed by atoms with E-state index in [0.29, 0.717) is 24.3 Å². The Kier molecular flexibility index (Phi) is 27.0. The van der Waals surface area contributed by atoms with Crippen molar-refractivity contribution >= 4 is 70.5 Å². The van der Waals surface area contributed by atoms with Crippen molar-refractivity contribution in [2.45, 2.75) is 220 Å². The third-order valence-corrected chi connectivity index (χ3v) is 25.0. The SMILES string of the molecule is CN[C@H](CC(C)C)C(=O)NC1C(=O)N[C@@H](CC(N)=O)C(=O)N[C@H]2C(=O)N[C@@H]3C(=O)N[C@H](C(=O)N[C@H](C(=O)O)c4cc(O)cc(O)c4-c4cc3ccc4O)[C@H](O[C@H]3C[C@](C)(N)[C@@H](O)[C@H](C)O3)c3ccc(c(Cl)c3)Oc3cc2cc(c3O[C@@H]2O[C@H](CO)[C@@H](O[C@@H]3O[C@H](CNCC4CC[C@H]5C[C@@H]4C5(C)C)[C@H](O)[C@H](O)[C@H]3O)[C@H](O)[C@H]2O)Oc2ccc(cc2Cl)[C@H]1O. The van der Waals surface area contributed by atoms with E-state index < -0.39 is 273 Å². The molecule has 3 saturated carbocycles. The average molecular weight is 1750 g/mol. The molecular weight excluding hydrogens is 1640 g/mol. The monoisotopic (exact) mass is 1740 g/mol. The van der Waals surface area contributed by atoms with Crippen LogP contribution in [0.3, 0.4) is 0 Å². The molecule has 11 aliphatic rings. The number of halogens is 2. The number of benzene rings is 5. The van der Waals surface area contributed by atoms with E-state index in [2.05, 4.69) is 56.4 Å². The average Bonchev–Trinajstić information content (AvgIpc) is 0.735. The summed E-state index contributed by atoms with van der Waals surface area (Å²) in [6.07, 6.45) is -25.4. The van der Waals surface area contributed by atoms with E-state index in [1.807, 2.05) is 13.8 Å². The van der Waals surface area contributed by atoms with Gasteiger partial charge >= 0.3 is 5.97 Å². The highest BCUT2D eigenvalue weighted by Crippen LogP contribution is 2.61. The lowest BCUT2D eigenvalue weighted by molar-refractivity contribution is -0.350. The molecule has 40 heteroatoms. The molecule has 7 amide bonds. The van der Waals surface area contributed by atoms with Gasteiger partial charge in [-0.3, -0.25) is 33.6 Å². The summed E-state index contributed by atoms with van der Waals surface area (Å²) in [5.41, 5.74) is 8.23. The minimum absolute atomic E-state index is 0.0399. The topological polar surface area (TPSA) is 601 Å². The summed E-state index contributed by atoms with van der Waals surface area (Å²) < 4.78 is 51.4. The minimum Gasteiger partial charge on any atom is -0.508 e. The summed E-state index contributed by atoms with van der Waals surface area (Å²) >= 11 is 14.5. The Bertz CT molecular complexity index is 4810. The highest BCUT2D eigenvalue weighted by atomic mass is 35.5. The van der Waals surface area contributed by atoms with E-state index in [0.717, 1.165) is 79.9 Å². The van der Waals surface area contributed by atoms with Gasteiger partial charge in [0.15, 0.2) is 30.1 Å². The number of amides is 7. The highest BCUT2D eigenvalue weighted by molar-refractivity contribution is 6.32. The number of phenolic OH excluding ortho intramolecular Hbond substituents is 3. The van der Waals surface area contributed by atoms with E-state index in [9.17, 15) is 75.7 Å². The summed E-state index contributed by atoms with van der Waals surface area (Å²) in [7, 11) is 1.47. The normalized spacial score (nSPS) is 33.5. The lowest BCUT2D eigenvalue weighted by atomic mass is 9.45. The van der Waals surface area contributed by atoms with Crippen LogP contribution in [0.15, 0.2) is 78.9 Å². The molecule has 16 rings (SSSR count). The Hall–Kier alpha value is -9.40. The fourth-order valence-corrected chi connectivity index (χ4v) is 18.1. The first-order chi connectivity index (χ1) is 57.6. The predicted octanol–water partition coefficient (Wildman–Crippen LogP) is 0.600. The second-order valence-corrected chi connectivity index (χ2v) is 34.5. The van der Waals surface area contributed by atoms with Gasteiger partial charge in [0.05, 0.1) is 41.3 Å². The maximum Gasteiger partial charge on any atom is 0.330 e. The van der Waals surface area contributed by atoms with Crippen LogP contribution in [0.5, 0.6) is 46.0 Å². The molecule has 662 valence electrons. The summed E-state index contributed by atoms with van der Waals surface area (Å²) in [6.45, 7) is 10.5. The standard InChI is InChI=1S/C82H102Cl2N10O28/c1-30(2)16-44(87-7)72(107)93-60-62(100)33-10-14-48(42(83)18-33)116-50-20-36-21-51(69(50)121-80-67(105)65(103)70(53(29-95)119-80)122-79-66(104)64(102)63(101)52(118-79)28-88-27-35-8-12-37-22-41(35)81(37,4)5)117-49-15-11-34(19-43(49)84)68(120-55-26-82(6,86)71(106)31(3)115-55)61-77(112)92-59(78(113)114)40-23-38(96)24-47(98)56(40)39-17-32(9-13-46(39)97)57(74(109)94-61)91-75(110)58(36)90-73(108)45(25-54(85)99)89-76(60)111/h9-11,13-15,17-21,23-24,30-31,35,37,41,44-45,52-53,55,57-68,70-71,79-80,87-88,95-98,100-106H,8,12,16,22,25-29,86H2,1-7H3,(H2,85,99)(H,89,111)(H,90,108)(H,91,110)(H,92,112)(H,93,107)(H,94,109)(H,113,114)/t31-,35?,37-,41-,44+,45-,52+,53+,55-,57-,58+,59-,60?,61-,62+,63-,64-,65+,66+,67+,68+,70+,71-,79-,80-,82-/m0/s1. The van der Waals surface area contributed by atoms with Gasteiger partial charge < -0.3 is 153 Å². The number of carboxylic acids is 1. The Balaban J connectivity index is 0.980. The first kappa shape index (κ1) is 90.3. The molecule has 5 aromatic carbocycles. The van der Waals surface area contributed by atoms with Crippen LogP contribution >= 0.6 is 23.2 Å². The molecule has 0 radical (unpaired) electrons. The quantitative estimate of drug-likeness (QED) is 0.0538. The van der Waals surface area contributed by atoms with Gasteiger partial charge in [-0.15, -0.1) is 0 Å². The molecule has 5 aromatic rings. The molecule has 3 aliphatic carbocycles. The molecule has 6 fully saturated rings. The summed E-state index contributed by atoms with van der Waals surface area (Å²) in [4.78, 5) is 120. The second-order valence-electron chi connectivity index (χ2n) is 33.7. The number of hydrogen-bond donors (Lipinski definition) is 22. The van der Waals surface area contributed by atoms with Crippen molar-refractivity contribution in [1.29, 1.82) is 0 Å². The Labute approximate surface area is 708 Å². The third kappa shape index (κ3) is 18.6. The maximum absolute atomic E-state index is 16.4. The highest BCUT2D eigenvalue weighted by Gasteiger charge is 2.56. The van der Waals surface area contributed by atoms with Crippen molar-refractivity contribution in [3.05, 3.63) is 117 Å². The Morgan fingerprint density at radius 2 is 1.30 bits per heavy atom. The van der Waals surface area contributed by atoms with Crippen molar-refractivity contribution in [1.82, 2.24) is 42.5 Å². The summed E-state index contributed by atoms with van der Waals surface area (Å²) in [5.74, 6) is -15.1. The number of phenols is 3. The predicted molar refractivity (Wildman–Crippen MR) is 426 cm³/mol. The summed E-state index contributed by atoms with van der Waals surface area (Å²) in [6, 6.07) is -0.806. The van der Waals surface area contributed by atoms with Gasteiger partial charge in [0.1, 0.15) is 120 Å². The lowest BCUT2D eigenvalue weighted by Crippen LogP contribution is -2.65. The molecule has 8 heterocycles. The number of likely N-dealkylation sites (N-methyl/N-ethyl adjacent to an activating group) is 1. The second kappa shape index (κ2) is 36.4. The van der Waals surface area contributed by atoms with Crippen LogP contribution in [0.4, 0.5) is 0 Å². The summed E-state index contributed by atoms with van der Waals surface area (Å²) in [5, 5.41) is 160. The van der Waals surface area contributed by atoms with E-state index >= 15 is 24.0 Å². The number of fused-ring (bicyclic) bond motifs is 17. The van der Waals surface area contributed by atoms with Crippen molar-refractivity contribution < 1.29 is 138 Å². The number of aliphatic hydroxyl groups is 8.